The Bertz CT molecular complexity index is 624. The fourth-order valence-corrected chi connectivity index (χ4v) is 2.52. The highest BCUT2D eigenvalue weighted by Crippen LogP contribution is 2.16. The molecule has 0 aliphatic rings. The van der Waals surface area contributed by atoms with Crippen LogP contribution in [-0.4, -0.2) is 15.8 Å². The van der Waals surface area contributed by atoms with Gasteiger partial charge >= 0.3 is 0 Å². The van der Waals surface area contributed by atoms with Gasteiger partial charge in [0, 0.05) is 23.8 Å². The van der Waals surface area contributed by atoms with Crippen LogP contribution in [0, 0.1) is 27.7 Å². The summed E-state index contributed by atoms with van der Waals surface area (Å²) in [5, 5.41) is 8.20. The van der Waals surface area contributed by atoms with Crippen LogP contribution in [0.3, 0.4) is 0 Å². The molecule has 114 valence electrons. The van der Waals surface area contributed by atoms with Crippen molar-refractivity contribution in [3.8, 4) is 0 Å². The number of rotatable bonds is 5. The molecule has 0 unspecified atom stereocenters. The molecule has 1 aromatic carbocycles. The Balaban J connectivity index is 2.20. The molecule has 0 bridgehead atoms. The highest BCUT2D eigenvalue weighted by Gasteiger charge is 2.12. The monoisotopic (exact) mass is 285 g/mol. The number of aromatic nitrogens is 2. The molecule has 2 aromatic rings. The van der Waals surface area contributed by atoms with Crippen molar-refractivity contribution in [3.63, 3.8) is 0 Å². The van der Waals surface area contributed by atoms with Gasteiger partial charge in [-0.2, -0.15) is 5.10 Å². The van der Waals surface area contributed by atoms with E-state index in [1.807, 2.05) is 0 Å². The van der Waals surface area contributed by atoms with Gasteiger partial charge in [0.05, 0.1) is 12.2 Å². The van der Waals surface area contributed by atoms with Gasteiger partial charge in [0.2, 0.25) is 0 Å². The maximum absolute atomic E-state index is 4.71. The van der Waals surface area contributed by atoms with Crippen LogP contribution in [0.15, 0.2) is 18.2 Å². The van der Waals surface area contributed by atoms with E-state index in [2.05, 4.69) is 69.7 Å². The molecule has 21 heavy (non-hydrogen) atoms. The van der Waals surface area contributed by atoms with Crippen molar-refractivity contribution < 1.29 is 0 Å². The summed E-state index contributed by atoms with van der Waals surface area (Å²) in [7, 11) is 0. The average Bonchev–Trinajstić information content (AvgIpc) is 2.67. The summed E-state index contributed by atoms with van der Waals surface area (Å²) >= 11 is 0. The van der Waals surface area contributed by atoms with Gasteiger partial charge in [-0.25, -0.2) is 0 Å². The zero-order valence-corrected chi connectivity index (χ0v) is 14.1. The van der Waals surface area contributed by atoms with Crippen molar-refractivity contribution in [1.82, 2.24) is 15.1 Å². The summed E-state index contributed by atoms with van der Waals surface area (Å²) in [6.45, 7) is 14.7. The van der Waals surface area contributed by atoms with Crippen molar-refractivity contribution in [1.29, 1.82) is 0 Å². The molecule has 0 radical (unpaired) electrons. The summed E-state index contributed by atoms with van der Waals surface area (Å²) in [5.74, 6) is 0. The van der Waals surface area contributed by atoms with Crippen molar-refractivity contribution in [2.24, 2.45) is 0 Å². The predicted octanol–water partition coefficient (Wildman–Crippen LogP) is 3.66. The minimum absolute atomic E-state index is 0.492. The molecule has 0 amide bonds. The number of hydrogen-bond acceptors (Lipinski definition) is 2. The second kappa shape index (κ2) is 6.44. The zero-order valence-electron chi connectivity index (χ0n) is 14.1. The average molecular weight is 285 g/mol. The molecule has 0 spiro atoms. The lowest BCUT2D eigenvalue weighted by molar-refractivity contribution is 0.584. The van der Waals surface area contributed by atoms with Crippen LogP contribution < -0.4 is 5.32 Å². The van der Waals surface area contributed by atoms with Gasteiger partial charge in [-0.1, -0.05) is 32.0 Å². The van der Waals surface area contributed by atoms with Crippen LogP contribution in [0.1, 0.15) is 47.5 Å². The Hall–Kier alpha value is -1.61. The first-order valence-corrected chi connectivity index (χ1v) is 7.71. The van der Waals surface area contributed by atoms with Crippen LogP contribution in [-0.2, 0) is 13.1 Å². The molecule has 3 nitrogen and oxygen atoms in total. The Morgan fingerprint density at radius 2 is 1.81 bits per heavy atom. The van der Waals surface area contributed by atoms with Gasteiger partial charge in [-0.3, -0.25) is 4.68 Å². The highest BCUT2D eigenvalue weighted by atomic mass is 15.3. The van der Waals surface area contributed by atoms with E-state index in [9.17, 15) is 0 Å². The highest BCUT2D eigenvalue weighted by molar-refractivity contribution is 5.31. The van der Waals surface area contributed by atoms with Gasteiger partial charge in [0.1, 0.15) is 0 Å². The minimum atomic E-state index is 0.492. The lowest BCUT2D eigenvalue weighted by atomic mass is 10.1. The van der Waals surface area contributed by atoms with Crippen LogP contribution in [0.5, 0.6) is 0 Å². The fourth-order valence-electron chi connectivity index (χ4n) is 2.52. The third-order valence-corrected chi connectivity index (χ3v) is 4.12. The van der Waals surface area contributed by atoms with Gasteiger partial charge in [-0.15, -0.1) is 0 Å². The van der Waals surface area contributed by atoms with E-state index >= 15 is 0 Å². The van der Waals surface area contributed by atoms with Crippen LogP contribution >= 0.6 is 0 Å². The number of hydrogen-bond donors (Lipinski definition) is 1. The van der Waals surface area contributed by atoms with E-state index in [4.69, 9.17) is 5.10 Å². The van der Waals surface area contributed by atoms with E-state index in [-0.39, 0.29) is 0 Å². The third-order valence-electron chi connectivity index (χ3n) is 4.12. The topological polar surface area (TPSA) is 29.9 Å². The summed E-state index contributed by atoms with van der Waals surface area (Å²) in [5.41, 5.74) is 7.72. The normalized spacial score (nSPS) is 11.4. The second-order valence-corrected chi connectivity index (χ2v) is 6.26. The molecule has 0 saturated heterocycles. The molecule has 0 aliphatic carbocycles. The summed E-state index contributed by atoms with van der Waals surface area (Å²) in [6.07, 6.45) is 0. The molecule has 0 atom stereocenters. The largest absolute Gasteiger partial charge is 0.310 e. The standard InChI is InChI=1S/C18H27N3/c1-12(2)19-10-18-15(5)20-21(16(18)6)11-17-8-7-13(3)14(4)9-17/h7-9,12,19H,10-11H2,1-6H3. The first-order valence-electron chi connectivity index (χ1n) is 7.71. The van der Waals surface area contributed by atoms with E-state index in [1.54, 1.807) is 0 Å². The van der Waals surface area contributed by atoms with Crippen LogP contribution in [0.2, 0.25) is 0 Å². The summed E-state index contributed by atoms with van der Waals surface area (Å²) < 4.78 is 2.12. The van der Waals surface area contributed by atoms with Gasteiger partial charge in [0.15, 0.2) is 0 Å². The van der Waals surface area contributed by atoms with Gasteiger partial charge in [0.25, 0.3) is 0 Å². The van der Waals surface area contributed by atoms with E-state index < -0.39 is 0 Å². The number of nitrogens with zero attached hydrogens (tertiary/aromatic N) is 2. The molecule has 0 aliphatic heterocycles. The maximum atomic E-state index is 4.71. The SMILES string of the molecule is Cc1ccc(Cn2nc(C)c(CNC(C)C)c2C)cc1C. The van der Waals surface area contributed by atoms with Crippen molar-refractivity contribution >= 4 is 0 Å². The molecule has 1 aromatic heterocycles. The molecular weight excluding hydrogens is 258 g/mol. The molecule has 1 heterocycles. The smallest absolute Gasteiger partial charge is 0.0662 e. The van der Waals surface area contributed by atoms with E-state index in [0.717, 1.165) is 18.8 Å². The molecule has 1 N–H and O–H groups in total. The Labute approximate surface area is 128 Å². The van der Waals surface area contributed by atoms with Crippen molar-refractivity contribution in [3.05, 3.63) is 51.8 Å². The van der Waals surface area contributed by atoms with Crippen molar-refractivity contribution in [2.45, 2.75) is 60.7 Å². The first-order chi connectivity index (χ1) is 9.88. The Morgan fingerprint density at radius 1 is 1.10 bits per heavy atom. The van der Waals surface area contributed by atoms with Crippen LogP contribution in [0.4, 0.5) is 0 Å². The van der Waals surface area contributed by atoms with Crippen LogP contribution in [0.25, 0.3) is 0 Å². The summed E-state index contributed by atoms with van der Waals surface area (Å²) in [4.78, 5) is 0. The molecular formula is C18H27N3. The Morgan fingerprint density at radius 3 is 2.43 bits per heavy atom. The van der Waals surface area contributed by atoms with E-state index in [0.29, 0.717) is 6.04 Å². The molecule has 3 heteroatoms. The number of benzene rings is 1. The lowest BCUT2D eigenvalue weighted by Gasteiger charge is -2.10. The molecule has 2 rings (SSSR count). The maximum Gasteiger partial charge on any atom is 0.0662 e. The zero-order chi connectivity index (χ0) is 15.6. The van der Waals surface area contributed by atoms with E-state index in [1.165, 1.54) is 27.9 Å². The Kier molecular flexibility index (Phi) is 4.84. The number of nitrogens with one attached hydrogen (secondary N) is 1. The quantitative estimate of drug-likeness (QED) is 0.908. The first kappa shape index (κ1) is 15.8. The number of aryl methyl sites for hydroxylation is 3. The van der Waals surface area contributed by atoms with Crippen molar-refractivity contribution in [2.75, 3.05) is 0 Å². The third kappa shape index (κ3) is 3.73. The molecule has 0 saturated carbocycles. The van der Waals surface area contributed by atoms with Gasteiger partial charge < -0.3 is 5.32 Å². The lowest BCUT2D eigenvalue weighted by Crippen LogP contribution is -2.22. The predicted molar refractivity (Wildman–Crippen MR) is 88.7 cm³/mol. The fraction of sp³-hybridized carbons (Fsp3) is 0.500. The minimum Gasteiger partial charge on any atom is -0.310 e. The molecule has 0 fully saturated rings. The summed E-state index contributed by atoms with van der Waals surface area (Å²) in [6, 6.07) is 7.15. The second-order valence-electron chi connectivity index (χ2n) is 6.26. The van der Waals surface area contributed by atoms with Gasteiger partial charge in [-0.05, 0) is 44.4 Å².